The molecule has 1 fully saturated rings. The highest BCUT2D eigenvalue weighted by Crippen LogP contribution is 2.26. The lowest BCUT2D eigenvalue weighted by atomic mass is 9.90. The van der Waals surface area contributed by atoms with Crippen molar-refractivity contribution in [2.45, 2.75) is 58.0 Å². The van der Waals surface area contributed by atoms with E-state index in [4.69, 9.17) is 4.74 Å². The number of ether oxygens (including phenoxy) is 1. The molecule has 0 amide bonds. The van der Waals surface area contributed by atoms with Crippen LogP contribution in [0.15, 0.2) is 72.8 Å². The SMILES string of the molecule is COc1cccc(CN2CCC(CCCC(=O)c3ccc4c(c3)CCN(Cc3ccccc3)CC4)CC2)c1. The molecule has 0 saturated carbocycles. The summed E-state index contributed by atoms with van der Waals surface area (Å²) >= 11 is 0. The fourth-order valence-corrected chi connectivity index (χ4v) is 6.10. The number of carbonyl (C=O) groups excluding carboxylic acids is 1. The van der Waals surface area contributed by atoms with Crippen molar-refractivity contribution in [3.8, 4) is 5.75 Å². The number of hydrogen-bond donors (Lipinski definition) is 0. The Morgan fingerprint density at radius 2 is 1.50 bits per heavy atom. The topological polar surface area (TPSA) is 32.8 Å². The Morgan fingerprint density at radius 1 is 0.789 bits per heavy atom. The van der Waals surface area contributed by atoms with Gasteiger partial charge in [0.15, 0.2) is 5.78 Å². The van der Waals surface area contributed by atoms with E-state index in [2.05, 4.69) is 76.5 Å². The maximum atomic E-state index is 13.0. The number of carbonyl (C=O) groups is 1. The monoisotopic (exact) mass is 510 g/mol. The minimum atomic E-state index is 0.314. The fraction of sp³-hybridized carbons (Fsp3) is 0.441. The summed E-state index contributed by atoms with van der Waals surface area (Å²) in [6, 6.07) is 25.6. The van der Waals surface area contributed by atoms with Crippen LogP contribution in [0.25, 0.3) is 0 Å². The molecule has 2 aliphatic heterocycles. The molecule has 200 valence electrons. The van der Waals surface area contributed by atoms with Crippen LogP contribution in [0.3, 0.4) is 0 Å². The van der Waals surface area contributed by atoms with Gasteiger partial charge in [0.25, 0.3) is 0 Å². The van der Waals surface area contributed by atoms with Crippen molar-refractivity contribution >= 4 is 5.78 Å². The highest BCUT2D eigenvalue weighted by Gasteiger charge is 2.20. The molecule has 1 saturated heterocycles. The fourth-order valence-electron chi connectivity index (χ4n) is 6.10. The zero-order chi connectivity index (χ0) is 26.2. The molecule has 4 heteroatoms. The van der Waals surface area contributed by atoms with Gasteiger partial charge < -0.3 is 4.74 Å². The maximum Gasteiger partial charge on any atom is 0.162 e. The molecule has 3 aromatic carbocycles. The molecule has 0 radical (unpaired) electrons. The van der Waals surface area contributed by atoms with Gasteiger partial charge in [0.1, 0.15) is 5.75 Å². The van der Waals surface area contributed by atoms with E-state index < -0.39 is 0 Å². The van der Waals surface area contributed by atoms with Crippen molar-refractivity contribution in [2.24, 2.45) is 5.92 Å². The second-order valence-corrected chi connectivity index (χ2v) is 11.1. The molecule has 3 aromatic rings. The lowest BCUT2D eigenvalue weighted by molar-refractivity contribution is 0.0974. The van der Waals surface area contributed by atoms with E-state index in [0.717, 1.165) is 82.2 Å². The van der Waals surface area contributed by atoms with E-state index in [1.54, 1.807) is 7.11 Å². The first-order chi connectivity index (χ1) is 18.7. The third-order valence-corrected chi connectivity index (χ3v) is 8.44. The van der Waals surface area contributed by atoms with Crippen LogP contribution in [-0.2, 0) is 25.9 Å². The third-order valence-electron chi connectivity index (χ3n) is 8.44. The normalized spacial score (nSPS) is 17.1. The van der Waals surface area contributed by atoms with Crippen LogP contribution in [0.2, 0.25) is 0 Å². The zero-order valence-corrected chi connectivity index (χ0v) is 22.9. The van der Waals surface area contributed by atoms with Crippen LogP contribution in [0.1, 0.15) is 64.7 Å². The van der Waals surface area contributed by atoms with Gasteiger partial charge in [0, 0.05) is 38.2 Å². The van der Waals surface area contributed by atoms with Gasteiger partial charge in [0.2, 0.25) is 0 Å². The number of rotatable bonds is 10. The molecule has 38 heavy (non-hydrogen) atoms. The van der Waals surface area contributed by atoms with Crippen LogP contribution in [0.4, 0.5) is 0 Å². The summed E-state index contributed by atoms with van der Waals surface area (Å²) in [6.07, 6.45) is 7.39. The number of likely N-dealkylation sites (tertiary alicyclic amines) is 1. The van der Waals surface area contributed by atoms with Crippen LogP contribution >= 0.6 is 0 Å². The number of fused-ring (bicyclic) bond motifs is 1. The number of nitrogens with zero attached hydrogens (tertiary/aromatic N) is 2. The minimum Gasteiger partial charge on any atom is -0.497 e. The molecule has 0 aromatic heterocycles. The smallest absolute Gasteiger partial charge is 0.162 e. The van der Waals surface area contributed by atoms with Gasteiger partial charge in [0.05, 0.1) is 7.11 Å². The van der Waals surface area contributed by atoms with Crippen LogP contribution < -0.4 is 4.74 Å². The lowest BCUT2D eigenvalue weighted by Gasteiger charge is -2.32. The van der Waals surface area contributed by atoms with Crippen molar-refractivity contribution in [2.75, 3.05) is 33.3 Å². The molecule has 4 nitrogen and oxygen atoms in total. The van der Waals surface area contributed by atoms with Crippen molar-refractivity contribution < 1.29 is 9.53 Å². The summed E-state index contributed by atoms with van der Waals surface area (Å²) in [6.45, 7) is 6.40. The highest BCUT2D eigenvalue weighted by atomic mass is 16.5. The van der Waals surface area contributed by atoms with E-state index in [-0.39, 0.29) is 0 Å². The number of piperidine rings is 1. The minimum absolute atomic E-state index is 0.314. The summed E-state index contributed by atoms with van der Waals surface area (Å²) in [7, 11) is 1.72. The zero-order valence-electron chi connectivity index (χ0n) is 22.9. The molecule has 2 heterocycles. The van der Waals surface area contributed by atoms with E-state index in [9.17, 15) is 4.79 Å². The Hall–Kier alpha value is -2.95. The Kier molecular flexibility index (Phi) is 9.27. The predicted octanol–water partition coefficient (Wildman–Crippen LogP) is 6.56. The lowest BCUT2D eigenvalue weighted by Crippen LogP contribution is -2.33. The van der Waals surface area contributed by atoms with Gasteiger partial charge in [-0.2, -0.15) is 0 Å². The number of hydrogen-bond acceptors (Lipinski definition) is 4. The number of methoxy groups -OCH3 is 1. The van der Waals surface area contributed by atoms with Gasteiger partial charge in [-0.05, 0) is 98.0 Å². The first kappa shape index (κ1) is 26.6. The van der Waals surface area contributed by atoms with Crippen molar-refractivity contribution in [1.82, 2.24) is 9.80 Å². The molecule has 2 aliphatic rings. The molecule has 0 atom stereocenters. The summed E-state index contributed by atoms with van der Waals surface area (Å²) in [5, 5.41) is 0. The molecule has 0 spiro atoms. The van der Waals surface area contributed by atoms with E-state index >= 15 is 0 Å². The molecule has 5 rings (SSSR count). The van der Waals surface area contributed by atoms with Gasteiger partial charge in [-0.1, -0.05) is 54.6 Å². The average molecular weight is 511 g/mol. The summed E-state index contributed by atoms with van der Waals surface area (Å²) < 4.78 is 5.37. The maximum absolute atomic E-state index is 13.0. The van der Waals surface area contributed by atoms with Crippen LogP contribution in [0.5, 0.6) is 5.75 Å². The average Bonchev–Trinajstić information content (AvgIpc) is 3.16. The standard InChI is InChI=1S/C34H42N2O2/c1-38-33-11-5-10-29(23-33)26-35-19-15-27(16-20-35)9-6-12-34(37)32-14-13-30-17-21-36(22-18-31(30)24-32)25-28-7-3-2-4-8-28/h2-5,7-8,10-11,13-14,23-24,27H,6,9,12,15-22,25-26H2,1H3. The van der Waals surface area contributed by atoms with Crippen LogP contribution in [0, 0.1) is 5.92 Å². The molecule has 0 unspecified atom stereocenters. The van der Waals surface area contributed by atoms with Crippen molar-refractivity contribution in [1.29, 1.82) is 0 Å². The first-order valence-corrected chi connectivity index (χ1v) is 14.4. The Labute approximate surface area is 228 Å². The summed E-state index contributed by atoms with van der Waals surface area (Å²) in [5.41, 5.74) is 6.39. The Bertz CT molecular complexity index is 1180. The van der Waals surface area contributed by atoms with Gasteiger partial charge in [-0.15, -0.1) is 0 Å². The Balaban J connectivity index is 1.04. The molecule has 0 N–H and O–H groups in total. The second-order valence-electron chi connectivity index (χ2n) is 11.1. The van der Waals surface area contributed by atoms with Crippen LogP contribution in [-0.4, -0.2) is 48.9 Å². The summed E-state index contributed by atoms with van der Waals surface area (Å²) in [4.78, 5) is 18.1. The molecule has 0 bridgehead atoms. The van der Waals surface area contributed by atoms with E-state index in [1.807, 2.05) is 6.07 Å². The number of benzene rings is 3. The van der Waals surface area contributed by atoms with E-state index in [1.165, 1.54) is 35.1 Å². The highest BCUT2D eigenvalue weighted by molar-refractivity contribution is 5.96. The molecular weight excluding hydrogens is 468 g/mol. The predicted molar refractivity (Wildman–Crippen MR) is 155 cm³/mol. The van der Waals surface area contributed by atoms with Gasteiger partial charge in [-0.25, -0.2) is 0 Å². The Morgan fingerprint density at radius 3 is 2.29 bits per heavy atom. The number of ketones is 1. The molecule has 0 aliphatic carbocycles. The van der Waals surface area contributed by atoms with Crippen molar-refractivity contribution in [3.63, 3.8) is 0 Å². The second kappa shape index (κ2) is 13.2. The first-order valence-electron chi connectivity index (χ1n) is 14.4. The largest absolute Gasteiger partial charge is 0.497 e. The van der Waals surface area contributed by atoms with Gasteiger partial charge in [-0.3, -0.25) is 14.6 Å². The van der Waals surface area contributed by atoms with Gasteiger partial charge >= 0.3 is 0 Å². The quantitative estimate of drug-likeness (QED) is 0.289. The van der Waals surface area contributed by atoms with E-state index in [0.29, 0.717) is 12.2 Å². The third kappa shape index (κ3) is 7.33. The number of Topliss-reactive ketones (excluding diaryl/α,β-unsaturated/α-hetero) is 1. The van der Waals surface area contributed by atoms with Crippen molar-refractivity contribution in [3.05, 3.63) is 101 Å². The summed E-state index contributed by atoms with van der Waals surface area (Å²) in [5.74, 6) is 1.99. The molecular formula is C34H42N2O2.